The van der Waals surface area contributed by atoms with E-state index in [4.69, 9.17) is 21.1 Å². The summed E-state index contributed by atoms with van der Waals surface area (Å²) in [7, 11) is 1.55. The monoisotopic (exact) mass is 509 g/mol. The highest BCUT2D eigenvalue weighted by Crippen LogP contribution is 2.34. The van der Waals surface area contributed by atoms with Gasteiger partial charge in [0.15, 0.2) is 11.7 Å². The molecule has 0 atom stereocenters. The molecule has 0 aliphatic heterocycles. The summed E-state index contributed by atoms with van der Waals surface area (Å²) in [6.07, 6.45) is 0. The van der Waals surface area contributed by atoms with Crippen LogP contribution in [0.5, 0.6) is 11.5 Å². The summed E-state index contributed by atoms with van der Waals surface area (Å²) in [5, 5.41) is 13.7. The average molecular weight is 510 g/mol. The number of aryl methyl sites for hydroxylation is 1. The SMILES string of the molecule is COc1cccc(N(C(=O)COc2ccc(Cl)cc2C)c2nc(-c3ccc([N+](=O)[O-])cc3)cs2)c1. The Morgan fingerprint density at radius 2 is 1.91 bits per heavy atom. The van der Waals surface area contributed by atoms with Gasteiger partial charge in [-0.05, 0) is 55.0 Å². The van der Waals surface area contributed by atoms with Crippen LogP contribution in [0.2, 0.25) is 5.02 Å². The summed E-state index contributed by atoms with van der Waals surface area (Å²) in [6.45, 7) is 1.62. The first-order valence-electron chi connectivity index (χ1n) is 10.4. The Labute approximate surface area is 210 Å². The van der Waals surface area contributed by atoms with E-state index < -0.39 is 4.92 Å². The van der Waals surface area contributed by atoms with E-state index in [0.29, 0.717) is 38.6 Å². The van der Waals surface area contributed by atoms with Crippen LogP contribution in [0, 0.1) is 17.0 Å². The quantitative estimate of drug-likeness (QED) is 0.200. The number of hydrogen-bond donors (Lipinski definition) is 0. The van der Waals surface area contributed by atoms with Gasteiger partial charge < -0.3 is 9.47 Å². The first-order chi connectivity index (χ1) is 16.9. The number of nitrogens with zero attached hydrogens (tertiary/aromatic N) is 3. The average Bonchev–Trinajstić information content (AvgIpc) is 3.33. The number of aromatic nitrogens is 1. The smallest absolute Gasteiger partial charge is 0.271 e. The van der Waals surface area contributed by atoms with Gasteiger partial charge in [-0.1, -0.05) is 17.7 Å². The number of amides is 1. The number of thiazole rings is 1. The van der Waals surface area contributed by atoms with E-state index in [1.165, 1.54) is 28.4 Å². The van der Waals surface area contributed by atoms with Crippen LogP contribution in [0.1, 0.15) is 5.56 Å². The minimum atomic E-state index is -0.457. The summed E-state index contributed by atoms with van der Waals surface area (Å²) in [5.74, 6) is 0.804. The highest BCUT2D eigenvalue weighted by molar-refractivity contribution is 7.14. The van der Waals surface area contributed by atoms with Gasteiger partial charge in [-0.15, -0.1) is 11.3 Å². The molecule has 1 aromatic heterocycles. The van der Waals surface area contributed by atoms with Crippen molar-refractivity contribution in [2.75, 3.05) is 18.6 Å². The summed E-state index contributed by atoms with van der Waals surface area (Å²) < 4.78 is 11.1. The zero-order chi connectivity index (χ0) is 24.9. The third-order valence-electron chi connectivity index (χ3n) is 5.11. The van der Waals surface area contributed by atoms with Crippen LogP contribution >= 0.6 is 22.9 Å². The Balaban J connectivity index is 1.64. The van der Waals surface area contributed by atoms with Crippen LogP contribution in [-0.2, 0) is 4.79 Å². The van der Waals surface area contributed by atoms with Gasteiger partial charge in [-0.2, -0.15) is 0 Å². The lowest BCUT2D eigenvalue weighted by molar-refractivity contribution is -0.384. The summed E-state index contributed by atoms with van der Waals surface area (Å²) in [5.41, 5.74) is 2.66. The number of carbonyl (C=O) groups is 1. The van der Waals surface area contributed by atoms with E-state index in [0.717, 1.165) is 5.56 Å². The molecule has 0 saturated carbocycles. The molecule has 0 radical (unpaired) electrons. The van der Waals surface area contributed by atoms with Crippen LogP contribution < -0.4 is 14.4 Å². The Bertz CT molecular complexity index is 1370. The molecule has 0 aliphatic carbocycles. The van der Waals surface area contributed by atoms with Gasteiger partial charge in [-0.25, -0.2) is 4.98 Å². The largest absolute Gasteiger partial charge is 0.497 e. The molecule has 0 fully saturated rings. The number of methoxy groups -OCH3 is 1. The van der Waals surface area contributed by atoms with Crippen LogP contribution in [0.3, 0.4) is 0 Å². The van der Waals surface area contributed by atoms with Crippen LogP contribution in [0.15, 0.2) is 72.1 Å². The van der Waals surface area contributed by atoms with Crippen LogP contribution in [-0.4, -0.2) is 29.5 Å². The number of nitro groups is 1. The van der Waals surface area contributed by atoms with Gasteiger partial charge in [0, 0.05) is 34.2 Å². The zero-order valence-corrected chi connectivity index (χ0v) is 20.4. The summed E-state index contributed by atoms with van der Waals surface area (Å²) >= 11 is 7.29. The summed E-state index contributed by atoms with van der Waals surface area (Å²) in [4.78, 5) is 30.0. The number of benzene rings is 3. The molecule has 35 heavy (non-hydrogen) atoms. The van der Waals surface area contributed by atoms with E-state index in [2.05, 4.69) is 4.98 Å². The number of halogens is 1. The third-order valence-corrected chi connectivity index (χ3v) is 6.17. The Hall–Kier alpha value is -3.95. The standard InChI is InChI=1S/C25H20ClN3O5S/c1-16-12-18(26)8-11-23(16)34-14-24(30)28(20-4-3-5-21(13-20)33-2)25-27-22(15-35-25)17-6-9-19(10-7-17)29(31)32/h3-13,15H,14H2,1-2H3. The third kappa shape index (κ3) is 5.59. The van der Waals surface area contributed by atoms with Crippen molar-refractivity contribution >= 4 is 45.4 Å². The first-order valence-corrected chi connectivity index (χ1v) is 11.7. The van der Waals surface area contributed by atoms with Crippen molar-refractivity contribution in [3.63, 3.8) is 0 Å². The molecular weight excluding hydrogens is 490 g/mol. The molecule has 0 N–H and O–H groups in total. The molecule has 0 saturated heterocycles. The Morgan fingerprint density at radius 1 is 1.14 bits per heavy atom. The topological polar surface area (TPSA) is 94.8 Å². The second-order valence-electron chi connectivity index (χ2n) is 7.45. The van der Waals surface area contributed by atoms with E-state index in [1.807, 2.05) is 6.92 Å². The van der Waals surface area contributed by atoms with Crippen molar-refractivity contribution < 1.29 is 19.2 Å². The lowest BCUT2D eigenvalue weighted by Crippen LogP contribution is -2.31. The van der Waals surface area contributed by atoms with Gasteiger partial charge in [0.2, 0.25) is 0 Å². The fourth-order valence-corrected chi connectivity index (χ4v) is 4.44. The first kappa shape index (κ1) is 24.2. The van der Waals surface area contributed by atoms with E-state index in [9.17, 15) is 14.9 Å². The van der Waals surface area contributed by atoms with Gasteiger partial charge in [0.1, 0.15) is 11.5 Å². The molecule has 178 valence electrons. The Kier molecular flexibility index (Phi) is 7.28. The molecule has 0 aliphatic rings. The van der Waals surface area contributed by atoms with Crippen LogP contribution in [0.25, 0.3) is 11.3 Å². The summed E-state index contributed by atoms with van der Waals surface area (Å²) in [6, 6.07) is 18.3. The van der Waals surface area contributed by atoms with E-state index in [1.54, 1.807) is 67.1 Å². The van der Waals surface area contributed by atoms with E-state index in [-0.39, 0.29) is 18.2 Å². The van der Waals surface area contributed by atoms with Crippen molar-refractivity contribution in [2.24, 2.45) is 0 Å². The lowest BCUT2D eigenvalue weighted by atomic mass is 10.1. The number of anilines is 2. The molecule has 3 aromatic carbocycles. The number of hydrogen-bond acceptors (Lipinski definition) is 7. The number of non-ortho nitro benzene ring substituents is 1. The molecule has 1 amide bonds. The van der Waals surface area contributed by atoms with Crippen molar-refractivity contribution in [1.82, 2.24) is 4.98 Å². The molecule has 0 bridgehead atoms. The minimum Gasteiger partial charge on any atom is -0.497 e. The molecule has 0 unspecified atom stereocenters. The predicted octanol–water partition coefficient (Wildman–Crippen LogP) is 6.43. The number of nitro benzene ring substituents is 1. The van der Waals surface area contributed by atoms with Crippen molar-refractivity contribution in [3.05, 3.63) is 92.8 Å². The highest BCUT2D eigenvalue weighted by atomic mass is 35.5. The maximum atomic E-state index is 13.4. The number of ether oxygens (including phenoxy) is 2. The predicted molar refractivity (Wildman–Crippen MR) is 136 cm³/mol. The molecular formula is C25H20ClN3O5S. The second-order valence-corrected chi connectivity index (χ2v) is 8.72. The number of rotatable bonds is 8. The maximum absolute atomic E-state index is 13.4. The molecule has 8 nitrogen and oxygen atoms in total. The molecule has 0 spiro atoms. The Morgan fingerprint density at radius 3 is 2.60 bits per heavy atom. The molecule has 4 rings (SSSR count). The highest BCUT2D eigenvalue weighted by Gasteiger charge is 2.23. The maximum Gasteiger partial charge on any atom is 0.271 e. The molecule has 1 heterocycles. The molecule has 4 aromatic rings. The lowest BCUT2D eigenvalue weighted by Gasteiger charge is -2.21. The van der Waals surface area contributed by atoms with Gasteiger partial charge in [-0.3, -0.25) is 19.8 Å². The van der Waals surface area contributed by atoms with Gasteiger partial charge in [0.05, 0.1) is 23.4 Å². The minimum absolute atomic E-state index is 0.00738. The van der Waals surface area contributed by atoms with E-state index >= 15 is 0 Å². The fourth-order valence-electron chi connectivity index (χ4n) is 3.34. The zero-order valence-electron chi connectivity index (χ0n) is 18.8. The van der Waals surface area contributed by atoms with Gasteiger partial charge >= 0.3 is 0 Å². The normalized spacial score (nSPS) is 10.6. The molecule has 10 heteroatoms. The van der Waals surface area contributed by atoms with Gasteiger partial charge in [0.25, 0.3) is 11.6 Å². The fraction of sp³-hybridized carbons (Fsp3) is 0.120. The van der Waals surface area contributed by atoms with Crippen molar-refractivity contribution in [3.8, 4) is 22.8 Å². The second kappa shape index (κ2) is 10.5. The number of carbonyl (C=O) groups excluding carboxylic acids is 1. The van der Waals surface area contributed by atoms with Crippen molar-refractivity contribution in [1.29, 1.82) is 0 Å². The van der Waals surface area contributed by atoms with Crippen LogP contribution in [0.4, 0.5) is 16.5 Å². The van der Waals surface area contributed by atoms with Crippen molar-refractivity contribution in [2.45, 2.75) is 6.92 Å².